The molecular formula is C21H21BrN8. The largest absolute Gasteiger partial charge is 0.350 e. The Morgan fingerprint density at radius 1 is 1.13 bits per heavy atom. The number of hydrogen-bond acceptors (Lipinski definition) is 7. The zero-order valence-electron chi connectivity index (χ0n) is 16.2. The number of pyridine rings is 1. The van der Waals surface area contributed by atoms with Crippen molar-refractivity contribution in [1.82, 2.24) is 29.9 Å². The van der Waals surface area contributed by atoms with Gasteiger partial charge in [0, 0.05) is 30.9 Å². The minimum absolute atomic E-state index is 0.334. The lowest BCUT2D eigenvalue weighted by molar-refractivity contribution is 0.774. The van der Waals surface area contributed by atoms with Crippen molar-refractivity contribution in [3.63, 3.8) is 0 Å². The SMILES string of the molecule is Brc1cnn2c(NCc3ccc(-c4ccccn4)cc3)nc(N[C@H]3CCNC3)nc12. The standard InChI is InChI=1S/C21H21BrN8/c22-17-13-26-30-19(17)28-20(27-16-8-10-23-12-16)29-21(30)25-11-14-4-6-15(7-5-14)18-3-1-2-9-24-18/h1-7,9,13,16,23H,8,10-12H2,(H2,25,27,28,29)/t16-/m0/s1. The van der Waals surface area contributed by atoms with Crippen LogP contribution in [0.3, 0.4) is 0 Å². The third-order valence-electron chi connectivity index (χ3n) is 5.08. The molecule has 1 fully saturated rings. The molecule has 8 nitrogen and oxygen atoms in total. The van der Waals surface area contributed by atoms with E-state index >= 15 is 0 Å². The van der Waals surface area contributed by atoms with Gasteiger partial charge >= 0.3 is 0 Å². The highest BCUT2D eigenvalue weighted by Crippen LogP contribution is 2.22. The lowest BCUT2D eigenvalue weighted by Crippen LogP contribution is -2.24. The molecule has 1 aliphatic rings. The molecule has 1 atom stereocenters. The third-order valence-corrected chi connectivity index (χ3v) is 5.64. The number of hydrogen-bond donors (Lipinski definition) is 3. The van der Waals surface area contributed by atoms with Crippen LogP contribution < -0.4 is 16.0 Å². The summed E-state index contributed by atoms with van der Waals surface area (Å²) in [7, 11) is 0. The topological polar surface area (TPSA) is 92.1 Å². The lowest BCUT2D eigenvalue weighted by Gasteiger charge is -2.14. The molecule has 0 aliphatic carbocycles. The Hall–Kier alpha value is -3.04. The van der Waals surface area contributed by atoms with Gasteiger partial charge in [0.1, 0.15) is 0 Å². The van der Waals surface area contributed by atoms with Gasteiger partial charge in [0.25, 0.3) is 0 Å². The van der Waals surface area contributed by atoms with E-state index in [0.717, 1.165) is 46.5 Å². The van der Waals surface area contributed by atoms with Crippen molar-refractivity contribution in [3.05, 3.63) is 64.9 Å². The molecule has 0 bridgehead atoms. The summed E-state index contributed by atoms with van der Waals surface area (Å²) in [6.45, 7) is 2.55. The van der Waals surface area contributed by atoms with Crippen molar-refractivity contribution in [2.45, 2.75) is 19.0 Å². The third kappa shape index (κ3) is 3.99. The van der Waals surface area contributed by atoms with Crippen LogP contribution >= 0.6 is 15.9 Å². The summed E-state index contributed by atoms with van der Waals surface area (Å²) in [6.07, 6.45) is 4.60. The van der Waals surface area contributed by atoms with Gasteiger partial charge in [0.2, 0.25) is 11.9 Å². The fraction of sp³-hybridized carbons (Fsp3) is 0.238. The normalized spacial score (nSPS) is 16.1. The zero-order valence-corrected chi connectivity index (χ0v) is 17.8. The van der Waals surface area contributed by atoms with E-state index in [1.807, 2.05) is 18.2 Å². The maximum absolute atomic E-state index is 4.67. The minimum atomic E-state index is 0.334. The van der Waals surface area contributed by atoms with E-state index in [1.54, 1.807) is 16.9 Å². The quantitative estimate of drug-likeness (QED) is 0.402. The molecule has 30 heavy (non-hydrogen) atoms. The Balaban J connectivity index is 1.35. The van der Waals surface area contributed by atoms with Gasteiger partial charge in [-0.15, -0.1) is 0 Å². The van der Waals surface area contributed by atoms with Crippen LogP contribution in [0.1, 0.15) is 12.0 Å². The minimum Gasteiger partial charge on any atom is -0.350 e. The molecule has 1 saturated heterocycles. The summed E-state index contributed by atoms with van der Waals surface area (Å²) in [5, 5.41) is 14.6. The van der Waals surface area contributed by atoms with Gasteiger partial charge in [0.05, 0.1) is 16.4 Å². The van der Waals surface area contributed by atoms with Gasteiger partial charge in [-0.1, -0.05) is 30.3 Å². The molecule has 4 aromatic rings. The Labute approximate surface area is 182 Å². The van der Waals surface area contributed by atoms with E-state index in [9.17, 15) is 0 Å². The number of aromatic nitrogens is 5. The van der Waals surface area contributed by atoms with E-state index in [0.29, 0.717) is 24.5 Å². The Kier molecular flexibility index (Phi) is 5.29. The molecule has 0 saturated carbocycles. The van der Waals surface area contributed by atoms with Gasteiger partial charge in [-0.25, -0.2) is 0 Å². The van der Waals surface area contributed by atoms with Crippen LogP contribution in [0, 0.1) is 0 Å². The maximum Gasteiger partial charge on any atom is 0.229 e. The summed E-state index contributed by atoms with van der Waals surface area (Å²) in [5.74, 6) is 1.25. The first-order chi connectivity index (χ1) is 14.8. The molecule has 9 heteroatoms. The molecule has 0 spiro atoms. The average Bonchev–Trinajstić information content (AvgIpc) is 3.43. The highest BCUT2D eigenvalue weighted by atomic mass is 79.9. The molecule has 3 aromatic heterocycles. The molecule has 1 aromatic carbocycles. The van der Waals surface area contributed by atoms with Crippen molar-refractivity contribution >= 4 is 33.5 Å². The Bertz CT molecular complexity index is 1140. The van der Waals surface area contributed by atoms with Crippen LogP contribution in [-0.2, 0) is 6.54 Å². The molecule has 4 heterocycles. The van der Waals surface area contributed by atoms with Crippen molar-refractivity contribution < 1.29 is 0 Å². The summed E-state index contributed by atoms with van der Waals surface area (Å²) in [5.41, 5.74) is 3.93. The predicted molar refractivity (Wildman–Crippen MR) is 120 cm³/mol. The lowest BCUT2D eigenvalue weighted by atomic mass is 10.1. The first kappa shape index (κ1) is 19.0. The summed E-state index contributed by atoms with van der Waals surface area (Å²) in [6, 6.07) is 14.6. The number of rotatable bonds is 6. The molecule has 3 N–H and O–H groups in total. The second-order valence-corrected chi connectivity index (χ2v) is 8.05. The summed E-state index contributed by atoms with van der Waals surface area (Å²) in [4.78, 5) is 13.7. The first-order valence-corrected chi connectivity index (χ1v) is 10.7. The van der Waals surface area contributed by atoms with Crippen molar-refractivity contribution in [2.75, 3.05) is 23.7 Å². The van der Waals surface area contributed by atoms with Gasteiger partial charge in [-0.05, 0) is 46.6 Å². The Morgan fingerprint density at radius 2 is 2.03 bits per heavy atom. The van der Waals surface area contributed by atoms with Gasteiger partial charge in [-0.3, -0.25) is 4.98 Å². The second-order valence-electron chi connectivity index (χ2n) is 7.20. The first-order valence-electron chi connectivity index (χ1n) is 9.89. The van der Waals surface area contributed by atoms with Crippen molar-refractivity contribution in [3.8, 4) is 11.3 Å². The summed E-state index contributed by atoms with van der Waals surface area (Å²) >= 11 is 3.53. The monoisotopic (exact) mass is 464 g/mol. The van der Waals surface area contributed by atoms with Crippen LogP contribution in [0.15, 0.2) is 59.3 Å². The Morgan fingerprint density at radius 3 is 2.80 bits per heavy atom. The fourth-order valence-corrected chi connectivity index (χ4v) is 3.85. The van der Waals surface area contributed by atoms with Gasteiger partial charge in [-0.2, -0.15) is 19.6 Å². The van der Waals surface area contributed by atoms with Crippen LogP contribution in [0.5, 0.6) is 0 Å². The number of nitrogens with one attached hydrogen (secondary N) is 3. The van der Waals surface area contributed by atoms with Gasteiger partial charge < -0.3 is 16.0 Å². The molecule has 152 valence electrons. The van der Waals surface area contributed by atoms with Gasteiger partial charge in [0.15, 0.2) is 5.65 Å². The molecular weight excluding hydrogens is 444 g/mol. The van der Waals surface area contributed by atoms with Crippen molar-refractivity contribution in [2.24, 2.45) is 0 Å². The second kappa shape index (κ2) is 8.37. The van der Waals surface area contributed by atoms with E-state index < -0.39 is 0 Å². The van der Waals surface area contributed by atoms with E-state index in [4.69, 9.17) is 0 Å². The number of halogens is 1. The molecule has 5 rings (SSSR count). The molecule has 0 unspecified atom stereocenters. The molecule has 1 aliphatic heterocycles. The number of nitrogens with zero attached hydrogens (tertiary/aromatic N) is 5. The van der Waals surface area contributed by atoms with Crippen LogP contribution in [-0.4, -0.2) is 43.7 Å². The smallest absolute Gasteiger partial charge is 0.229 e. The number of fused-ring (bicyclic) bond motifs is 1. The number of benzene rings is 1. The number of anilines is 2. The molecule has 0 amide bonds. The highest BCUT2D eigenvalue weighted by molar-refractivity contribution is 9.10. The van der Waals surface area contributed by atoms with E-state index in [-0.39, 0.29) is 0 Å². The van der Waals surface area contributed by atoms with Crippen LogP contribution in [0.4, 0.5) is 11.9 Å². The van der Waals surface area contributed by atoms with Crippen molar-refractivity contribution in [1.29, 1.82) is 0 Å². The summed E-state index contributed by atoms with van der Waals surface area (Å²) < 4.78 is 2.55. The van der Waals surface area contributed by atoms with Crippen LogP contribution in [0.25, 0.3) is 16.9 Å². The van der Waals surface area contributed by atoms with Crippen LogP contribution in [0.2, 0.25) is 0 Å². The maximum atomic E-state index is 4.67. The highest BCUT2D eigenvalue weighted by Gasteiger charge is 2.17. The fourth-order valence-electron chi connectivity index (χ4n) is 3.50. The molecule has 0 radical (unpaired) electrons. The predicted octanol–water partition coefficient (Wildman–Crippen LogP) is 3.33. The van der Waals surface area contributed by atoms with E-state index in [2.05, 4.69) is 76.2 Å². The average molecular weight is 465 g/mol. The zero-order chi connectivity index (χ0) is 20.3. The van der Waals surface area contributed by atoms with E-state index in [1.165, 1.54) is 0 Å².